The summed E-state index contributed by atoms with van der Waals surface area (Å²) in [5.74, 6) is -0.0123. The molecular formula is C26H26FN7O4. The van der Waals surface area contributed by atoms with Gasteiger partial charge in [-0.2, -0.15) is 0 Å². The zero-order valence-electron chi connectivity index (χ0n) is 21.0. The minimum absolute atomic E-state index is 0.220. The predicted molar refractivity (Wildman–Crippen MR) is 139 cm³/mol. The lowest BCUT2D eigenvalue weighted by Crippen LogP contribution is -2.32. The molecule has 1 aliphatic rings. The van der Waals surface area contributed by atoms with Crippen molar-refractivity contribution < 1.29 is 19.0 Å². The lowest BCUT2D eigenvalue weighted by Gasteiger charge is -2.14. The minimum Gasteiger partial charge on any atom is -0.479 e. The average molecular weight is 520 g/mol. The summed E-state index contributed by atoms with van der Waals surface area (Å²) in [6.07, 6.45) is 4.11. The molecule has 0 saturated heterocycles. The van der Waals surface area contributed by atoms with Crippen molar-refractivity contribution in [2.24, 2.45) is 14.1 Å². The second-order valence-corrected chi connectivity index (χ2v) is 9.65. The smallest absolute Gasteiger partial charge is 0.404 e. The number of nitrogens with zero attached hydrogens (tertiary/aromatic N) is 5. The van der Waals surface area contributed by atoms with Crippen molar-refractivity contribution in [1.82, 2.24) is 34.2 Å². The molecule has 0 unspecified atom stereocenters. The van der Waals surface area contributed by atoms with E-state index in [0.29, 0.717) is 69.6 Å². The van der Waals surface area contributed by atoms with Crippen LogP contribution in [-0.2, 0) is 14.1 Å². The van der Waals surface area contributed by atoms with Crippen LogP contribution in [-0.4, -0.2) is 53.2 Å². The van der Waals surface area contributed by atoms with Crippen LogP contribution in [0.3, 0.4) is 0 Å². The van der Waals surface area contributed by atoms with E-state index in [1.165, 1.54) is 19.2 Å². The number of aryl methyl sites for hydroxylation is 2. The van der Waals surface area contributed by atoms with Crippen molar-refractivity contribution in [3.8, 4) is 28.3 Å². The molecule has 4 aromatic heterocycles. The van der Waals surface area contributed by atoms with E-state index >= 15 is 0 Å². The van der Waals surface area contributed by atoms with Crippen LogP contribution >= 0.6 is 0 Å². The average Bonchev–Trinajstić information content (AvgIpc) is 3.63. The summed E-state index contributed by atoms with van der Waals surface area (Å²) in [4.78, 5) is 32.8. The Bertz CT molecular complexity index is 1780. The predicted octanol–water partition coefficient (Wildman–Crippen LogP) is 3.79. The second kappa shape index (κ2) is 8.75. The topological polar surface area (TPSA) is 132 Å². The van der Waals surface area contributed by atoms with E-state index in [-0.39, 0.29) is 17.8 Å². The van der Waals surface area contributed by atoms with Gasteiger partial charge in [0, 0.05) is 37.9 Å². The first-order valence-corrected chi connectivity index (χ1v) is 12.2. The molecule has 1 saturated carbocycles. The van der Waals surface area contributed by atoms with Gasteiger partial charge >= 0.3 is 11.8 Å². The van der Waals surface area contributed by atoms with Crippen molar-refractivity contribution >= 4 is 28.2 Å². The summed E-state index contributed by atoms with van der Waals surface area (Å²) < 4.78 is 25.0. The molecule has 0 spiro atoms. The summed E-state index contributed by atoms with van der Waals surface area (Å²) in [5.41, 5.74) is 4.16. The fourth-order valence-electron chi connectivity index (χ4n) is 5.74. The second-order valence-electron chi connectivity index (χ2n) is 9.65. The van der Waals surface area contributed by atoms with E-state index in [4.69, 9.17) is 4.74 Å². The van der Waals surface area contributed by atoms with Crippen molar-refractivity contribution in [3.63, 3.8) is 0 Å². The maximum atomic E-state index is 14.5. The van der Waals surface area contributed by atoms with Gasteiger partial charge in [0.2, 0.25) is 5.88 Å². The third-order valence-corrected chi connectivity index (χ3v) is 7.34. The SMILES string of the molecule is COc1nn(C)cc1-c1[nH]c2ncc3c(c2c1-c1cccc(F)c1)n([C@@H]1CC[C@@H](NC(=O)O)C1)c(=O)n3C. The lowest BCUT2D eigenvalue weighted by atomic mass is 9.99. The summed E-state index contributed by atoms with van der Waals surface area (Å²) >= 11 is 0. The lowest BCUT2D eigenvalue weighted by molar-refractivity contribution is 0.190. The van der Waals surface area contributed by atoms with Crippen LogP contribution in [0, 0.1) is 5.82 Å². The quantitative estimate of drug-likeness (QED) is 0.324. The van der Waals surface area contributed by atoms with Crippen LogP contribution in [0.25, 0.3) is 44.5 Å². The number of hydrogen-bond donors (Lipinski definition) is 3. The summed E-state index contributed by atoms with van der Waals surface area (Å²) in [5, 5.41) is 16.8. The molecule has 0 radical (unpaired) electrons. The molecule has 38 heavy (non-hydrogen) atoms. The van der Waals surface area contributed by atoms with E-state index < -0.39 is 11.9 Å². The van der Waals surface area contributed by atoms with Gasteiger partial charge in [0.25, 0.3) is 0 Å². The molecule has 4 heterocycles. The standard InChI is InChI=1S/C26H26FN7O4/c1-32-12-17(24(31-32)38-3)21-19(13-5-4-6-14(27)9-13)20-22-18(11-28-23(20)30-21)33(2)26(37)34(22)16-8-7-15(10-16)29-25(35)36/h4-6,9,11-12,15-16,29H,7-8,10H2,1-3H3,(H,28,30)(H,35,36)/t15-,16-/m1/s1. The molecule has 6 rings (SSSR count). The fourth-order valence-corrected chi connectivity index (χ4v) is 5.74. The monoisotopic (exact) mass is 519 g/mol. The number of rotatable bonds is 5. The molecule has 1 fully saturated rings. The van der Waals surface area contributed by atoms with Gasteiger partial charge in [0.1, 0.15) is 11.5 Å². The highest BCUT2D eigenvalue weighted by atomic mass is 19.1. The summed E-state index contributed by atoms with van der Waals surface area (Å²) in [7, 11) is 5.00. The highest BCUT2D eigenvalue weighted by Crippen LogP contribution is 2.44. The number of carboxylic acid groups (broad SMARTS) is 1. The van der Waals surface area contributed by atoms with Gasteiger partial charge in [0.05, 0.1) is 41.0 Å². The number of ether oxygens (including phenoxy) is 1. The molecule has 1 amide bonds. The molecule has 12 heteroatoms. The number of methoxy groups -OCH3 is 1. The first-order chi connectivity index (χ1) is 18.3. The molecule has 1 aromatic carbocycles. The number of fused-ring (bicyclic) bond motifs is 3. The Balaban J connectivity index is 1.69. The van der Waals surface area contributed by atoms with E-state index in [2.05, 4.69) is 20.4 Å². The molecule has 2 atom stereocenters. The number of carbonyl (C=O) groups is 1. The van der Waals surface area contributed by atoms with Gasteiger partial charge in [-0.15, -0.1) is 5.10 Å². The van der Waals surface area contributed by atoms with Crippen molar-refractivity contribution in [2.45, 2.75) is 31.3 Å². The van der Waals surface area contributed by atoms with Gasteiger partial charge in [-0.05, 0) is 37.0 Å². The molecule has 1 aliphatic carbocycles. The first-order valence-electron chi connectivity index (χ1n) is 12.2. The minimum atomic E-state index is -1.08. The molecule has 5 aromatic rings. The van der Waals surface area contributed by atoms with Crippen molar-refractivity contribution in [1.29, 1.82) is 0 Å². The molecular weight excluding hydrogens is 493 g/mol. The van der Waals surface area contributed by atoms with Crippen LogP contribution in [0.5, 0.6) is 5.88 Å². The largest absolute Gasteiger partial charge is 0.479 e. The zero-order valence-corrected chi connectivity index (χ0v) is 21.0. The molecule has 3 N–H and O–H groups in total. The Morgan fingerprint density at radius 2 is 2.11 bits per heavy atom. The highest BCUT2D eigenvalue weighted by Gasteiger charge is 2.32. The van der Waals surface area contributed by atoms with Crippen molar-refractivity contribution in [2.75, 3.05) is 7.11 Å². The van der Waals surface area contributed by atoms with Gasteiger partial charge in [-0.1, -0.05) is 12.1 Å². The van der Waals surface area contributed by atoms with Gasteiger partial charge in [0.15, 0.2) is 0 Å². The van der Waals surface area contributed by atoms with Gasteiger partial charge < -0.3 is 20.1 Å². The Hall–Kier alpha value is -4.61. The Morgan fingerprint density at radius 3 is 2.84 bits per heavy atom. The van der Waals surface area contributed by atoms with Crippen LogP contribution in [0.15, 0.2) is 41.5 Å². The van der Waals surface area contributed by atoms with Crippen LogP contribution in [0.4, 0.5) is 9.18 Å². The molecule has 11 nitrogen and oxygen atoms in total. The van der Waals surface area contributed by atoms with E-state index in [0.717, 1.165) is 0 Å². The molecule has 0 aliphatic heterocycles. The summed E-state index contributed by atoms with van der Waals surface area (Å²) in [6.45, 7) is 0. The number of imidazole rings is 1. The first kappa shape index (κ1) is 23.8. The van der Waals surface area contributed by atoms with Crippen LogP contribution < -0.4 is 15.7 Å². The number of amides is 1. The normalized spacial score (nSPS) is 17.5. The number of nitrogens with one attached hydrogen (secondary N) is 2. The number of H-pyrrole nitrogens is 1. The van der Waals surface area contributed by atoms with Crippen LogP contribution in [0.1, 0.15) is 25.3 Å². The van der Waals surface area contributed by atoms with E-state index in [9.17, 15) is 19.1 Å². The Kier molecular flexibility index (Phi) is 5.47. The van der Waals surface area contributed by atoms with E-state index in [1.807, 2.05) is 6.07 Å². The number of hydrogen-bond acceptors (Lipinski definition) is 5. The highest BCUT2D eigenvalue weighted by molar-refractivity contribution is 6.14. The maximum absolute atomic E-state index is 14.5. The molecule has 196 valence electrons. The third-order valence-electron chi connectivity index (χ3n) is 7.34. The third kappa shape index (κ3) is 3.63. The van der Waals surface area contributed by atoms with Crippen LogP contribution in [0.2, 0.25) is 0 Å². The van der Waals surface area contributed by atoms with Gasteiger partial charge in [-0.25, -0.2) is 19.0 Å². The number of pyridine rings is 1. The molecule has 0 bridgehead atoms. The Morgan fingerprint density at radius 1 is 1.29 bits per heavy atom. The summed E-state index contributed by atoms with van der Waals surface area (Å²) in [6, 6.07) is 5.80. The number of aromatic nitrogens is 6. The van der Waals surface area contributed by atoms with E-state index in [1.54, 1.807) is 46.4 Å². The number of aromatic amines is 1. The van der Waals surface area contributed by atoms with Crippen molar-refractivity contribution in [3.05, 3.63) is 53.0 Å². The zero-order chi connectivity index (χ0) is 26.7. The van der Waals surface area contributed by atoms with Gasteiger partial charge in [-0.3, -0.25) is 13.8 Å². The number of benzene rings is 1. The Labute approximate surface area is 215 Å². The maximum Gasteiger partial charge on any atom is 0.404 e. The fraction of sp³-hybridized carbons (Fsp3) is 0.308. The number of halogens is 1.